The van der Waals surface area contributed by atoms with Gasteiger partial charge in [-0.05, 0) is 76.5 Å². The van der Waals surface area contributed by atoms with E-state index < -0.39 is 5.72 Å². The maximum Gasteiger partial charge on any atom is 0.165 e. The van der Waals surface area contributed by atoms with Gasteiger partial charge in [-0.15, -0.1) is 11.3 Å². The van der Waals surface area contributed by atoms with Gasteiger partial charge in [-0.1, -0.05) is 37.6 Å². The van der Waals surface area contributed by atoms with E-state index in [2.05, 4.69) is 69.0 Å². The second-order valence-electron chi connectivity index (χ2n) is 10.7. The summed E-state index contributed by atoms with van der Waals surface area (Å²) in [6.45, 7) is 10.0. The molecule has 0 spiro atoms. The van der Waals surface area contributed by atoms with Crippen LogP contribution in [0.3, 0.4) is 0 Å². The Morgan fingerprint density at radius 2 is 1.84 bits per heavy atom. The van der Waals surface area contributed by atoms with Gasteiger partial charge in [-0.3, -0.25) is 0 Å². The first kappa shape index (κ1) is 20.7. The summed E-state index contributed by atoms with van der Waals surface area (Å²) in [5.41, 5.74) is 5.66. The fraction of sp³-hybridized carbons (Fsp3) is 0.536. The monoisotopic (exact) mass is 446 g/mol. The van der Waals surface area contributed by atoms with Gasteiger partial charge in [0, 0.05) is 29.3 Å². The van der Waals surface area contributed by atoms with E-state index in [9.17, 15) is 0 Å². The highest BCUT2D eigenvalue weighted by molar-refractivity contribution is 7.18. The third kappa shape index (κ3) is 3.06. The molecule has 1 saturated carbocycles. The van der Waals surface area contributed by atoms with Crippen molar-refractivity contribution >= 4 is 27.2 Å². The van der Waals surface area contributed by atoms with Crippen molar-refractivity contribution in [2.24, 2.45) is 5.92 Å². The molecule has 0 bridgehead atoms. The van der Waals surface area contributed by atoms with Crippen LogP contribution in [-0.2, 0) is 22.5 Å². The Hall–Kier alpha value is -1.91. The molecule has 6 rings (SSSR count). The van der Waals surface area contributed by atoms with Gasteiger partial charge in [0.05, 0.1) is 20.8 Å². The molecule has 1 unspecified atom stereocenters. The zero-order valence-electron chi connectivity index (χ0n) is 19.8. The molecule has 0 N–H and O–H groups in total. The van der Waals surface area contributed by atoms with Crippen molar-refractivity contribution in [3.63, 3.8) is 0 Å². The van der Waals surface area contributed by atoms with Crippen LogP contribution in [0.25, 0.3) is 10.2 Å². The van der Waals surface area contributed by atoms with Gasteiger partial charge in [0.2, 0.25) is 0 Å². The Morgan fingerprint density at radius 1 is 1.06 bits per heavy atom. The molecule has 3 heterocycles. The number of thiazole rings is 1. The molecule has 1 atom stereocenters. The van der Waals surface area contributed by atoms with Crippen LogP contribution in [0.15, 0.2) is 36.4 Å². The van der Waals surface area contributed by atoms with Crippen molar-refractivity contribution in [2.75, 3.05) is 11.4 Å². The smallest absolute Gasteiger partial charge is 0.165 e. The summed E-state index contributed by atoms with van der Waals surface area (Å²) in [4.78, 5) is 7.66. The number of aromatic nitrogens is 1. The SMILES string of the molecule is CCC1CCC(c2nc3cc4c(cc3s2)N2CCc3ccccc3C2(C)OC4(C)C)CC1. The summed E-state index contributed by atoms with van der Waals surface area (Å²) in [6, 6.07) is 13.5. The topological polar surface area (TPSA) is 25.4 Å². The van der Waals surface area contributed by atoms with Crippen LogP contribution in [-0.4, -0.2) is 11.5 Å². The van der Waals surface area contributed by atoms with Gasteiger partial charge in [-0.2, -0.15) is 0 Å². The largest absolute Gasteiger partial charge is 0.341 e. The predicted octanol–water partition coefficient (Wildman–Crippen LogP) is 7.48. The second-order valence-corrected chi connectivity index (χ2v) is 11.7. The van der Waals surface area contributed by atoms with Crippen molar-refractivity contribution in [2.45, 2.75) is 83.5 Å². The van der Waals surface area contributed by atoms with Crippen molar-refractivity contribution < 1.29 is 4.74 Å². The summed E-state index contributed by atoms with van der Waals surface area (Å²) < 4.78 is 8.24. The Labute approximate surface area is 195 Å². The third-order valence-electron chi connectivity index (χ3n) is 8.33. The van der Waals surface area contributed by atoms with Crippen LogP contribution in [0, 0.1) is 5.92 Å². The van der Waals surface area contributed by atoms with E-state index in [1.807, 2.05) is 11.3 Å². The van der Waals surface area contributed by atoms with E-state index in [4.69, 9.17) is 9.72 Å². The summed E-state index contributed by atoms with van der Waals surface area (Å²) in [6.07, 6.45) is 7.70. The molecule has 3 aromatic rings. The minimum atomic E-state index is -0.439. The van der Waals surface area contributed by atoms with Gasteiger partial charge in [0.25, 0.3) is 0 Å². The summed E-state index contributed by atoms with van der Waals surface area (Å²) in [5, 5.41) is 1.35. The average molecular weight is 447 g/mol. The molecular weight excluding hydrogens is 412 g/mol. The van der Waals surface area contributed by atoms with Gasteiger partial charge < -0.3 is 9.64 Å². The molecule has 0 radical (unpaired) electrons. The van der Waals surface area contributed by atoms with Crippen LogP contribution in [0.4, 0.5) is 5.69 Å². The van der Waals surface area contributed by atoms with Crippen LogP contribution in [0.1, 0.15) is 87.4 Å². The van der Waals surface area contributed by atoms with Crippen molar-refractivity contribution in [3.8, 4) is 0 Å². The Bertz CT molecular complexity index is 1170. The molecule has 3 aliphatic rings. The van der Waals surface area contributed by atoms with Gasteiger partial charge in [-0.25, -0.2) is 4.98 Å². The lowest BCUT2D eigenvalue weighted by Gasteiger charge is -2.55. The number of rotatable bonds is 2. The van der Waals surface area contributed by atoms with Gasteiger partial charge >= 0.3 is 0 Å². The zero-order chi connectivity index (χ0) is 22.1. The highest BCUT2D eigenvalue weighted by Gasteiger charge is 2.49. The third-order valence-corrected chi connectivity index (χ3v) is 9.51. The van der Waals surface area contributed by atoms with Crippen molar-refractivity contribution in [1.29, 1.82) is 0 Å². The number of ether oxygens (including phenoxy) is 1. The molecule has 3 nitrogen and oxygen atoms in total. The van der Waals surface area contributed by atoms with Crippen LogP contribution >= 0.6 is 11.3 Å². The molecule has 32 heavy (non-hydrogen) atoms. The molecule has 2 aliphatic heterocycles. The molecular formula is C28H34N2OS. The van der Waals surface area contributed by atoms with Crippen molar-refractivity contribution in [3.05, 3.63) is 58.1 Å². The Balaban J connectivity index is 1.43. The molecule has 1 aliphatic carbocycles. The fourth-order valence-electron chi connectivity index (χ4n) is 6.47. The highest BCUT2D eigenvalue weighted by Crippen LogP contribution is 2.52. The van der Waals surface area contributed by atoms with Crippen LogP contribution in [0.2, 0.25) is 0 Å². The maximum atomic E-state index is 6.92. The van der Waals surface area contributed by atoms with E-state index in [1.54, 1.807) is 0 Å². The lowest BCUT2D eigenvalue weighted by molar-refractivity contribution is -0.155. The number of benzene rings is 2. The average Bonchev–Trinajstić information content (AvgIpc) is 3.21. The first-order valence-corrected chi connectivity index (χ1v) is 13.2. The zero-order valence-corrected chi connectivity index (χ0v) is 20.6. The minimum absolute atomic E-state index is 0.373. The molecule has 0 amide bonds. The second kappa shape index (κ2) is 7.30. The van der Waals surface area contributed by atoms with E-state index >= 15 is 0 Å². The molecule has 4 heteroatoms. The molecule has 0 saturated heterocycles. The summed E-state index contributed by atoms with van der Waals surface area (Å²) in [7, 11) is 0. The number of anilines is 1. The lowest BCUT2D eigenvalue weighted by Crippen LogP contribution is -2.57. The Morgan fingerprint density at radius 3 is 2.62 bits per heavy atom. The number of hydrogen-bond donors (Lipinski definition) is 0. The van der Waals surface area contributed by atoms with Crippen LogP contribution < -0.4 is 4.90 Å². The fourth-order valence-corrected chi connectivity index (χ4v) is 7.62. The molecule has 1 fully saturated rings. The summed E-state index contributed by atoms with van der Waals surface area (Å²) >= 11 is 1.93. The maximum absolute atomic E-state index is 6.92. The van der Waals surface area contributed by atoms with E-state index in [-0.39, 0.29) is 5.60 Å². The lowest BCUT2D eigenvalue weighted by atomic mass is 9.81. The molecule has 2 aromatic carbocycles. The van der Waals surface area contributed by atoms with Crippen LogP contribution in [0.5, 0.6) is 0 Å². The number of fused-ring (bicyclic) bond motifs is 6. The summed E-state index contributed by atoms with van der Waals surface area (Å²) in [5.74, 6) is 1.56. The Kier molecular flexibility index (Phi) is 4.71. The first-order chi connectivity index (χ1) is 15.4. The number of nitrogens with zero attached hydrogens (tertiary/aromatic N) is 2. The quantitative estimate of drug-likeness (QED) is 0.408. The van der Waals surface area contributed by atoms with E-state index in [0.717, 1.165) is 24.4 Å². The molecule has 168 valence electrons. The predicted molar refractivity (Wildman–Crippen MR) is 134 cm³/mol. The van der Waals surface area contributed by atoms with Gasteiger partial charge in [0.1, 0.15) is 0 Å². The van der Waals surface area contributed by atoms with E-state index in [0.29, 0.717) is 5.92 Å². The number of hydrogen-bond acceptors (Lipinski definition) is 4. The molecule has 1 aromatic heterocycles. The first-order valence-electron chi connectivity index (χ1n) is 12.4. The van der Waals surface area contributed by atoms with Gasteiger partial charge in [0.15, 0.2) is 5.72 Å². The highest BCUT2D eigenvalue weighted by atomic mass is 32.1. The normalized spacial score (nSPS) is 28.8. The van der Waals surface area contributed by atoms with E-state index in [1.165, 1.54) is 64.2 Å². The minimum Gasteiger partial charge on any atom is -0.341 e. The van der Waals surface area contributed by atoms with Crippen molar-refractivity contribution in [1.82, 2.24) is 4.98 Å². The standard InChI is InChI=1S/C28H34N2OS/c1-5-18-10-12-20(13-11-18)26-29-23-16-22-24(17-25(23)32-26)30-15-14-19-8-6-7-9-21(19)28(30,4)31-27(22,2)3/h6-9,16-18,20H,5,10-15H2,1-4H3.